The Bertz CT molecular complexity index is 745. The molecule has 0 aliphatic carbocycles. The Hall–Kier alpha value is -2.47. The minimum absolute atomic E-state index is 0.156. The molecule has 0 aliphatic rings. The van der Waals surface area contributed by atoms with E-state index in [1.807, 2.05) is 0 Å². The van der Waals surface area contributed by atoms with Gasteiger partial charge in [-0.3, -0.25) is 0 Å². The first-order valence-corrected chi connectivity index (χ1v) is 6.52. The van der Waals surface area contributed by atoms with Crippen LogP contribution in [-0.4, -0.2) is 20.4 Å². The van der Waals surface area contributed by atoms with Crippen molar-refractivity contribution < 1.29 is 9.23 Å². The van der Waals surface area contributed by atoms with Gasteiger partial charge in [-0.15, -0.1) is 5.10 Å². The van der Waals surface area contributed by atoms with E-state index in [0.717, 1.165) is 5.56 Å². The van der Waals surface area contributed by atoms with Crippen LogP contribution in [0.3, 0.4) is 0 Å². The topological polar surface area (TPSA) is 52.8 Å². The molecular formula is C14H10ClFN4O. The van der Waals surface area contributed by atoms with Gasteiger partial charge in [0.25, 0.3) is 0 Å². The average Bonchev–Trinajstić information content (AvgIpc) is 2.94. The molecule has 3 rings (SSSR count). The quantitative estimate of drug-likeness (QED) is 0.744. The molecule has 0 amide bonds. The normalized spacial score (nSPS) is 10.6. The highest BCUT2D eigenvalue weighted by Gasteiger charge is 2.10. The molecule has 0 radical (unpaired) electrons. The number of benzene rings is 2. The number of rotatable bonds is 4. The van der Waals surface area contributed by atoms with Gasteiger partial charge in [0.15, 0.2) is 0 Å². The molecule has 3 aromatic rings. The van der Waals surface area contributed by atoms with Crippen molar-refractivity contribution in [2.45, 2.75) is 6.61 Å². The van der Waals surface area contributed by atoms with Gasteiger partial charge in [-0.2, -0.15) is 0 Å². The summed E-state index contributed by atoms with van der Waals surface area (Å²) in [5.41, 5.74) is 1.45. The first kappa shape index (κ1) is 13.5. The van der Waals surface area contributed by atoms with Crippen molar-refractivity contribution in [3.05, 3.63) is 64.9 Å². The first-order chi connectivity index (χ1) is 10.2. The van der Waals surface area contributed by atoms with E-state index in [4.69, 9.17) is 16.4 Å². The van der Waals surface area contributed by atoms with Crippen molar-refractivity contribution in [1.29, 1.82) is 0 Å². The van der Waals surface area contributed by atoms with Crippen LogP contribution in [0.2, 0.25) is 5.02 Å². The lowest BCUT2D eigenvalue weighted by molar-refractivity contribution is 0.0693. The summed E-state index contributed by atoms with van der Waals surface area (Å²) in [5.74, 6) is 0.133. The number of halogens is 2. The zero-order valence-electron chi connectivity index (χ0n) is 10.8. The van der Waals surface area contributed by atoms with Crippen LogP contribution in [0.4, 0.5) is 4.39 Å². The summed E-state index contributed by atoms with van der Waals surface area (Å²) in [7, 11) is 0. The maximum absolute atomic E-state index is 13.1. The van der Waals surface area contributed by atoms with E-state index < -0.39 is 0 Å². The second-order valence-corrected chi connectivity index (χ2v) is 4.72. The Balaban J connectivity index is 1.78. The van der Waals surface area contributed by atoms with Crippen LogP contribution in [0, 0.1) is 5.82 Å². The molecule has 0 aliphatic heterocycles. The Morgan fingerprint density at radius 3 is 2.71 bits per heavy atom. The highest BCUT2D eigenvalue weighted by atomic mass is 35.5. The highest BCUT2D eigenvalue weighted by molar-refractivity contribution is 6.30. The van der Waals surface area contributed by atoms with Crippen molar-refractivity contribution in [3.8, 4) is 11.4 Å². The molecule has 7 heteroatoms. The fourth-order valence-corrected chi connectivity index (χ4v) is 1.92. The van der Waals surface area contributed by atoms with E-state index in [9.17, 15) is 4.39 Å². The summed E-state index contributed by atoms with van der Waals surface area (Å²) in [6.07, 6.45) is 0. The van der Waals surface area contributed by atoms with Crippen LogP contribution >= 0.6 is 11.6 Å². The molecule has 2 aromatic carbocycles. The van der Waals surface area contributed by atoms with E-state index in [-0.39, 0.29) is 12.4 Å². The van der Waals surface area contributed by atoms with E-state index in [1.54, 1.807) is 36.4 Å². The maximum atomic E-state index is 13.1. The molecule has 21 heavy (non-hydrogen) atoms. The maximum Gasteiger partial charge on any atom is 0.222 e. The van der Waals surface area contributed by atoms with Gasteiger partial charge in [-0.25, -0.2) is 4.39 Å². The Morgan fingerprint density at radius 2 is 1.95 bits per heavy atom. The molecule has 0 bridgehead atoms. The molecule has 0 atom stereocenters. The largest absolute Gasteiger partial charge is 0.389 e. The zero-order chi connectivity index (χ0) is 14.7. The monoisotopic (exact) mass is 304 g/mol. The molecule has 0 spiro atoms. The van der Waals surface area contributed by atoms with E-state index in [0.29, 0.717) is 16.4 Å². The van der Waals surface area contributed by atoms with Crippen molar-refractivity contribution in [2.75, 3.05) is 0 Å². The Morgan fingerprint density at radius 1 is 1.14 bits per heavy atom. The third-order valence-corrected chi connectivity index (χ3v) is 3.04. The Labute approximate surface area is 124 Å². The Kier molecular flexibility index (Phi) is 3.79. The molecule has 1 heterocycles. The number of nitrogens with zero attached hydrogens (tertiary/aromatic N) is 4. The minimum atomic E-state index is -0.314. The number of hydrogen-bond acceptors (Lipinski definition) is 4. The standard InChI is InChI=1S/C14H10ClFN4O/c15-12-6-4-11(5-7-12)14-17-18-19-20(14)21-9-10-2-1-3-13(16)8-10/h1-8H,9H2. The van der Waals surface area contributed by atoms with Crippen molar-refractivity contribution >= 4 is 11.6 Å². The third-order valence-electron chi connectivity index (χ3n) is 2.79. The summed E-state index contributed by atoms with van der Waals surface area (Å²) in [4.78, 5) is 6.69. The van der Waals surface area contributed by atoms with E-state index in [2.05, 4.69) is 15.5 Å². The van der Waals surface area contributed by atoms with Crippen molar-refractivity contribution in [2.24, 2.45) is 0 Å². The zero-order valence-corrected chi connectivity index (χ0v) is 11.5. The van der Waals surface area contributed by atoms with Crippen LogP contribution < -0.4 is 4.84 Å². The summed E-state index contributed by atoms with van der Waals surface area (Å²) in [5, 5.41) is 11.9. The van der Waals surface area contributed by atoms with Gasteiger partial charge in [0.2, 0.25) is 5.82 Å². The smallest absolute Gasteiger partial charge is 0.222 e. The SMILES string of the molecule is Fc1cccc(COn2nnnc2-c2ccc(Cl)cc2)c1. The summed E-state index contributed by atoms with van der Waals surface area (Å²) in [6.45, 7) is 0.156. The molecular weight excluding hydrogens is 295 g/mol. The number of aromatic nitrogens is 4. The van der Waals surface area contributed by atoms with Gasteiger partial charge in [-0.05, 0) is 52.4 Å². The molecule has 0 saturated carbocycles. The van der Waals surface area contributed by atoms with Crippen LogP contribution in [0.15, 0.2) is 48.5 Å². The molecule has 0 unspecified atom stereocenters. The van der Waals surface area contributed by atoms with E-state index in [1.165, 1.54) is 17.0 Å². The van der Waals surface area contributed by atoms with Gasteiger partial charge in [-0.1, -0.05) is 28.6 Å². The fraction of sp³-hybridized carbons (Fsp3) is 0.0714. The molecule has 1 aromatic heterocycles. The molecule has 0 N–H and O–H groups in total. The van der Waals surface area contributed by atoms with Gasteiger partial charge in [0.05, 0.1) is 0 Å². The average molecular weight is 305 g/mol. The summed E-state index contributed by atoms with van der Waals surface area (Å²) < 4.78 is 13.1. The van der Waals surface area contributed by atoms with Gasteiger partial charge in [0, 0.05) is 10.6 Å². The van der Waals surface area contributed by atoms with Gasteiger partial charge in [0.1, 0.15) is 12.4 Å². The second-order valence-electron chi connectivity index (χ2n) is 4.29. The van der Waals surface area contributed by atoms with Crippen molar-refractivity contribution in [1.82, 2.24) is 20.4 Å². The highest BCUT2D eigenvalue weighted by Crippen LogP contribution is 2.18. The first-order valence-electron chi connectivity index (χ1n) is 6.14. The minimum Gasteiger partial charge on any atom is -0.389 e. The predicted molar refractivity (Wildman–Crippen MR) is 74.9 cm³/mol. The lowest BCUT2D eigenvalue weighted by Crippen LogP contribution is -2.14. The van der Waals surface area contributed by atoms with Gasteiger partial charge < -0.3 is 4.84 Å². The van der Waals surface area contributed by atoms with Crippen LogP contribution in [0.25, 0.3) is 11.4 Å². The summed E-state index contributed by atoms with van der Waals surface area (Å²) in [6, 6.07) is 13.2. The second kappa shape index (κ2) is 5.88. The third kappa shape index (κ3) is 3.17. The fourth-order valence-electron chi connectivity index (χ4n) is 1.80. The van der Waals surface area contributed by atoms with E-state index >= 15 is 0 Å². The number of tetrazole rings is 1. The molecule has 106 valence electrons. The van der Waals surface area contributed by atoms with Gasteiger partial charge >= 0.3 is 0 Å². The lowest BCUT2D eigenvalue weighted by Gasteiger charge is -2.07. The molecule has 0 fully saturated rings. The number of hydrogen-bond donors (Lipinski definition) is 0. The van der Waals surface area contributed by atoms with Crippen LogP contribution in [0.5, 0.6) is 0 Å². The molecule has 0 saturated heterocycles. The van der Waals surface area contributed by atoms with Crippen LogP contribution in [-0.2, 0) is 6.61 Å². The predicted octanol–water partition coefficient (Wildman–Crippen LogP) is 2.76. The lowest BCUT2D eigenvalue weighted by atomic mass is 10.2. The van der Waals surface area contributed by atoms with Crippen LogP contribution in [0.1, 0.15) is 5.56 Å². The van der Waals surface area contributed by atoms with Crippen molar-refractivity contribution in [3.63, 3.8) is 0 Å². The molecule has 5 nitrogen and oxygen atoms in total. The summed E-state index contributed by atoms with van der Waals surface area (Å²) >= 11 is 5.84.